The first-order valence-electron chi connectivity index (χ1n) is 14.9. The Morgan fingerprint density at radius 2 is 1.55 bits per heavy atom. The summed E-state index contributed by atoms with van der Waals surface area (Å²) in [5, 5.41) is 4.94. The Morgan fingerprint density at radius 1 is 0.830 bits per heavy atom. The summed E-state index contributed by atoms with van der Waals surface area (Å²) in [5.41, 5.74) is 3.90. The molecule has 0 aliphatic heterocycles. The van der Waals surface area contributed by atoms with Gasteiger partial charge in [-0.15, -0.1) is 0 Å². The standard InChI is InChI=1S/C37H31ClN2O6S/c1-47(43,44)40(24-25-9-3-2-4-10-25)33-21-27(15-18-32(33)38)34(41)23-39-37(42)29-12-6-5-11-26(29)19-20-45-28-16-17-31-30-13-7-8-14-35(30)46-36(31)22-28/h2-18,21-22H,19-20,23-24H2,1H3,(H,39,42). The zero-order valence-electron chi connectivity index (χ0n) is 25.5. The molecule has 1 heterocycles. The normalized spacial score (nSPS) is 11.4. The third kappa shape index (κ3) is 7.32. The van der Waals surface area contributed by atoms with Crippen molar-refractivity contribution in [2.75, 3.05) is 23.7 Å². The van der Waals surface area contributed by atoms with Crippen LogP contribution in [0.4, 0.5) is 5.69 Å². The van der Waals surface area contributed by atoms with Crippen LogP contribution in [0.2, 0.25) is 5.02 Å². The number of ketones is 1. The molecule has 10 heteroatoms. The van der Waals surface area contributed by atoms with E-state index in [1.165, 1.54) is 18.2 Å². The first-order chi connectivity index (χ1) is 22.7. The van der Waals surface area contributed by atoms with Crippen LogP contribution in [0, 0.1) is 0 Å². The Labute approximate surface area is 277 Å². The van der Waals surface area contributed by atoms with Crippen molar-refractivity contribution in [3.63, 3.8) is 0 Å². The summed E-state index contributed by atoms with van der Waals surface area (Å²) in [4.78, 5) is 26.4. The van der Waals surface area contributed by atoms with E-state index in [-0.39, 0.29) is 29.4 Å². The number of nitrogens with zero attached hydrogens (tertiary/aromatic N) is 1. The van der Waals surface area contributed by atoms with Crippen LogP contribution < -0.4 is 14.4 Å². The second kappa shape index (κ2) is 13.7. The minimum Gasteiger partial charge on any atom is -0.493 e. The Balaban J connectivity index is 1.10. The first kappa shape index (κ1) is 31.8. The second-order valence-electron chi connectivity index (χ2n) is 11.0. The number of hydrogen-bond donors (Lipinski definition) is 1. The van der Waals surface area contributed by atoms with Crippen molar-refractivity contribution in [2.45, 2.75) is 13.0 Å². The summed E-state index contributed by atoms with van der Waals surface area (Å²) >= 11 is 6.41. The van der Waals surface area contributed by atoms with E-state index < -0.39 is 21.7 Å². The van der Waals surface area contributed by atoms with Crippen molar-refractivity contribution < 1.29 is 27.2 Å². The number of carbonyl (C=O) groups excluding carboxylic acids is 2. The quantitative estimate of drug-likeness (QED) is 0.136. The van der Waals surface area contributed by atoms with E-state index in [1.54, 1.807) is 12.1 Å². The Hall–Kier alpha value is -5.12. The van der Waals surface area contributed by atoms with Gasteiger partial charge in [0.25, 0.3) is 5.91 Å². The molecule has 0 bridgehead atoms. The summed E-state index contributed by atoms with van der Waals surface area (Å²) in [6.45, 7) is 0.0743. The lowest BCUT2D eigenvalue weighted by atomic mass is 10.0. The number of halogens is 1. The van der Waals surface area contributed by atoms with Gasteiger partial charge in [-0.05, 0) is 53.6 Å². The lowest BCUT2D eigenvalue weighted by molar-refractivity contribution is 0.0903. The van der Waals surface area contributed by atoms with Crippen LogP contribution in [0.25, 0.3) is 21.9 Å². The molecule has 0 atom stereocenters. The van der Waals surface area contributed by atoms with Crippen LogP contribution in [-0.4, -0.2) is 39.5 Å². The average Bonchev–Trinajstić information content (AvgIpc) is 3.44. The fraction of sp³-hybridized carbons (Fsp3) is 0.135. The topological polar surface area (TPSA) is 106 Å². The predicted octanol–water partition coefficient (Wildman–Crippen LogP) is 7.44. The number of Topliss-reactive ketones (excluding diaryl/α,β-unsaturated/α-hetero) is 1. The summed E-state index contributed by atoms with van der Waals surface area (Å²) in [6, 6.07) is 34.2. The van der Waals surface area contributed by atoms with Crippen molar-refractivity contribution in [1.82, 2.24) is 5.32 Å². The Kier molecular flexibility index (Phi) is 9.29. The number of furan rings is 1. The lowest BCUT2D eigenvalue weighted by Crippen LogP contribution is -2.31. The van der Waals surface area contributed by atoms with E-state index in [2.05, 4.69) is 5.32 Å². The van der Waals surface area contributed by atoms with E-state index in [0.29, 0.717) is 24.3 Å². The van der Waals surface area contributed by atoms with Gasteiger partial charge in [0.1, 0.15) is 16.9 Å². The predicted molar refractivity (Wildman–Crippen MR) is 185 cm³/mol. The van der Waals surface area contributed by atoms with Crippen molar-refractivity contribution >= 4 is 60.9 Å². The van der Waals surface area contributed by atoms with E-state index in [9.17, 15) is 18.0 Å². The van der Waals surface area contributed by atoms with Crippen molar-refractivity contribution in [2.24, 2.45) is 0 Å². The molecule has 6 rings (SSSR count). The largest absolute Gasteiger partial charge is 0.493 e. The zero-order chi connectivity index (χ0) is 33.0. The van der Waals surface area contributed by atoms with Gasteiger partial charge in [0.15, 0.2) is 5.78 Å². The zero-order valence-corrected chi connectivity index (χ0v) is 27.1. The van der Waals surface area contributed by atoms with Crippen LogP contribution in [-0.2, 0) is 23.0 Å². The van der Waals surface area contributed by atoms with Crippen molar-refractivity contribution in [3.05, 3.63) is 143 Å². The Bertz CT molecular complexity index is 2200. The monoisotopic (exact) mass is 666 g/mol. The van der Waals surface area contributed by atoms with E-state index in [0.717, 1.165) is 43.6 Å². The van der Waals surface area contributed by atoms with Crippen LogP contribution in [0.5, 0.6) is 5.75 Å². The van der Waals surface area contributed by atoms with Crippen molar-refractivity contribution in [1.29, 1.82) is 0 Å². The fourth-order valence-electron chi connectivity index (χ4n) is 5.40. The third-order valence-electron chi connectivity index (χ3n) is 7.77. The highest BCUT2D eigenvalue weighted by Gasteiger charge is 2.22. The number of carbonyl (C=O) groups is 2. The molecule has 0 unspecified atom stereocenters. The maximum atomic E-state index is 13.2. The third-order valence-corrected chi connectivity index (χ3v) is 9.21. The highest BCUT2D eigenvalue weighted by Crippen LogP contribution is 2.32. The lowest BCUT2D eigenvalue weighted by Gasteiger charge is -2.24. The fourth-order valence-corrected chi connectivity index (χ4v) is 6.56. The minimum absolute atomic E-state index is 0.0444. The highest BCUT2D eigenvalue weighted by atomic mass is 35.5. The number of nitrogens with one attached hydrogen (secondary N) is 1. The number of sulfonamides is 1. The molecule has 47 heavy (non-hydrogen) atoms. The number of rotatable bonds is 12. The molecular weight excluding hydrogens is 636 g/mol. The van der Waals surface area contributed by atoms with Crippen LogP contribution >= 0.6 is 11.6 Å². The molecule has 0 saturated heterocycles. The van der Waals surface area contributed by atoms with Gasteiger partial charge in [0.2, 0.25) is 10.0 Å². The van der Waals surface area contributed by atoms with Crippen LogP contribution in [0.3, 0.4) is 0 Å². The molecule has 0 radical (unpaired) electrons. The molecule has 0 spiro atoms. The number of amides is 1. The number of para-hydroxylation sites is 1. The molecule has 6 aromatic rings. The molecule has 1 aromatic heterocycles. The Morgan fingerprint density at radius 3 is 2.36 bits per heavy atom. The smallest absolute Gasteiger partial charge is 0.251 e. The van der Waals surface area contributed by atoms with Crippen molar-refractivity contribution in [3.8, 4) is 5.75 Å². The van der Waals surface area contributed by atoms with Gasteiger partial charge in [0.05, 0.1) is 36.7 Å². The molecular formula is C37H31ClN2O6S. The van der Waals surface area contributed by atoms with Gasteiger partial charge in [0, 0.05) is 34.4 Å². The van der Waals surface area contributed by atoms with E-state index >= 15 is 0 Å². The summed E-state index contributed by atoms with van der Waals surface area (Å²) in [5.74, 6) is -0.149. The molecule has 5 aromatic carbocycles. The maximum absolute atomic E-state index is 13.2. The molecule has 0 saturated carbocycles. The SMILES string of the molecule is CS(=O)(=O)N(Cc1ccccc1)c1cc(C(=O)CNC(=O)c2ccccc2CCOc2ccc3c(c2)oc2ccccc23)ccc1Cl. The maximum Gasteiger partial charge on any atom is 0.251 e. The molecule has 0 aliphatic carbocycles. The van der Waals surface area contributed by atoms with E-state index in [4.69, 9.17) is 20.8 Å². The molecule has 238 valence electrons. The van der Waals surface area contributed by atoms with Gasteiger partial charge in [-0.1, -0.05) is 78.3 Å². The summed E-state index contributed by atoms with van der Waals surface area (Å²) < 4.78 is 38.6. The van der Waals surface area contributed by atoms with E-state index in [1.807, 2.05) is 84.9 Å². The number of ether oxygens (including phenoxy) is 1. The van der Waals surface area contributed by atoms with Gasteiger partial charge < -0.3 is 14.5 Å². The minimum atomic E-state index is -3.74. The first-order valence-corrected chi connectivity index (χ1v) is 17.1. The summed E-state index contributed by atoms with van der Waals surface area (Å²) in [6.07, 6.45) is 1.54. The van der Waals surface area contributed by atoms with Gasteiger partial charge in [-0.25, -0.2) is 8.42 Å². The van der Waals surface area contributed by atoms with Gasteiger partial charge >= 0.3 is 0 Å². The number of hydrogen-bond acceptors (Lipinski definition) is 6. The van der Waals surface area contributed by atoms with Gasteiger partial charge in [-0.3, -0.25) is 13.9 Å². The van der Waals surface area contributed by atoms with Gasteiger partial charge in [-0.2, -0.15) is 0 Å². The molecule has 0 aliphatic rings. The molecule has 0 fully saturated rings. The second-order valence-corrected chi connectivity index (χ2v) is 13.4. The van der Waals surface area contributed by atoms with Crippen LogP contribution in [0.1, 0.15) is 31.8 Å². The number of anilines is 1. The molecule has 1 N–H and O–H groups in total. The summed E-state index contributed by atoms with van der Waals surface area (Å²) in [7, 11) is -3.74. The highest BCUT2D eigenvalue weighted by molar-refractivity contribution is 7.92. The van der Waals surface area contributed by atoms with Crippen LogP contribution in [0.15, 0.2) is 120 Å². The molecule has 1 amide bonds. The molecule has 8 nitrogen and oxygen atoms in total. The number of benzene rings is 5. The number of fused-ring (bicyclic) bond motifs is 3. The average molecular weight is 667 g/mol.